The number of benzene rings is 2. The number of amides is 1. The average molecular weight is 286 g/mol. The Morgan fingerprint density at radius 2 is 2.00 bits per heavy atom. The first-order valence-electron chi connectivity index (χ1n) is 6.61. The van der Waals surface area contributed by atoms with Gasteiger partial charge < -0.3 is 20.5 Å². The second kappa shape index (κ2) is 6.65. The molecule has 0 heterocycles. The van der Waals surface area contributed by atoms with Gasteiger partial charge in [-0.15, -0.1) is 0 Å². The third-order valence-corrected chi connectivity index (χ3v) is 2.83. The maximum atomic E-state index is 12.2. The Labute approximate surface area is 123 Å². The monoisotopic (exact) mass is 286 g/mol. The molecule has 0 radical (unpaired) electrons. The van der Waals surface area contributed by atoms with E-state index in [1.807, 2.05) is 19.1 Å². The van der Waals surface area contributed by atoms with E-state index in [1.165, 1.54) is 7.11 Å². The van der Waals surface area contributed by atoms with Crippen molar-refractivity contribution >= 4 is 17.3 Å². The maximum Gasteiger partial charge on any atom is 0.255 e. The fourth-order valence-electron chi connectivity index (χ4n) is 1.90. The summed E-state index contributed by atoms with van der Waals surface area (Å²) in [7, 11) is 1.53. The zero-order valence-corrected chi connectivity index (χ0v) is 12.1. The van der Waals surface area contributed by atoms with Crippen LogP contribution in [-0.4, -0.2) is 19.6 Å². The van der Waals surface area contributed by atoms with Gasteiger partial charge in [-0.05, 0) is 31.2 Å². The molecule has 0 fully saturated rings. The normalized spacial score (nSPS) is 10.0. The van der Waals surface area contributed by atoms with Gasteiger partial charge in [0.05, 0.1) is 13.7 Å². The van der Waals surface area contributed by atoms with E-state index >= 15 is 0 Å². The van der Waals surface area contributed by atoms with Crippen LogP contribution in [0.1, 0.15) is 17.3 Å². The molecule has 5 heteroatoms. The number of hydrogen-bond donors (Lipinski definition) is 2. The number of carbonyl (C=O) groups is 1. The number of hydrogen-bond acceptors (Lipinski definition) is 4. The summed E-state index contributed by atoms with van der Waals surface area (Å²) in [4.78, 5) is 12.2. The fraction of sp³-hybridized carbons (Fsp3) is 0.188. The Hall–Kier alpha value is -2.69. The molecule has 2 aromatic rings. The van der Waals surface area contributed by atoms with Gasteiger partial charge in [-0.1, -0.05) is 6.07 Å². The minimum absolute atomic E-state index is 0.255. The highest BCUT2D eigenvalue weighted by Crippen LogP contribution is 2.21. The molecule has 1 amide bonds. The highest BCUT2D eigenvalue weighted by Gasteiger charge is 2.09. The van der Waals surface area contributed by atoms with E-state index in [-0.39, 0.29) is 5.91 Å². The summed E-state index contributed by atoms with van der Waals surface area (Å²) >= 11 is 0. The molecule has 0 saturated heterocycles. The standard InChI is InChI=1S/C16H18N2O3/c1-3-21-14-6-4-5-13(10-14)18-16(19)11-7-12(17)9-15(8-11)20-2/h4-10H,3,17H2,1-2H3,(H,18,19). The third kappa shape index (κ3) is 3.89. The van der Waals surface area contributed by atoms with Crippen LogP contribution in [0.15, 0.2) is 42.5 Å². The van der Waals surface area contributed by atoms with E-state index in [4.69, 9.17) is 15.2 Å². The molecule has 5 nitrogen and oxygen atoms in total. The van der Waals surface area contributed by atoms with Crippen molar-refractivity contribution in [1.82, 2.24) is 0 Å². The van der Waals surface area contributed by atoms with E-state index in [1.54, 1.807) is 30.3 Å². The number of ether oxygens (including phenoxy) is 2. The molecule has 2 rings (SSSR count). The Morgan fingerprint density at radius 1 is 1.19 bits per heavy atom. The summed E-state index contributed by atoms with van der Waals surface area (Å²) < 4.78 is 10.5. The minimum atomic E-state index is -0.255. The summed E-state index contributed by atoms with van der Waals surface area (Å²) in [6, 6.07) is 12.1. The van der Waals surface area contributed by atoms with Gasteiger partial charge in [-0.2, -0.15) is 0 Å². The van der Waals surface area contributed by atoms with Crippen LogP contribution in [0.3, 0.4) is 0 Å². The van der Waals surface area contributed by atoms with Gasteiger partial charge in [0.2, 0.25) is 0 Å². The average Bonchev–Trinajstić information content (AvgIpc) is 2.47. The zero-order chi connectivity index (χ0) is 15.2. The first kappa shape index (κ1) is 14.7. The van der Waals surface area contributed by atoms with Gasteiger partial charge in [0, 0.05) is 29.1 Å². The van der Waals surface area contributed by atoms with Gasteiger partial charge >= 0.3 is 0 Å². The highest BCUT2D eigenvalue weighted by molar-refractivity contribution is 6.05. The number of anilines is 2. The van der Waals surface area contributed by atoms with Crippen molar-refractivity contribution in [2.45, 2.75) is 6.92 Å². The lowest BCUT2D eigenvalue weighted by Gasteiger charge is -2.09. The molecule has 0 unspecified atom stereocenters. The third-order valence-electron chi connectivity index (χ3n) is 2.83. The smallest absolute Gasteiger partial charge is 0.255 e. The molecule has 3 N–H and O–H groups in total. The van der Waals surface area contributed by atoms with Crippen molar-refractivity contribution in [2.75, 3.05) is 24.8 Å². The van der Waals surface area contributed by atoms with Crippen LogP contribution >= 0.6 is 0 Å². The highest BCUT2D eigenvalue weighted by atomic mass is 16.5. The Morgan fingerprint density at radius 3 is 2.71 bits per heavy atom. The summed E-state index contributed by atoms with van der Waals surface area (Å²) in [6.07, 6.45) is 0. The molecular weight excluding hydrogens is 268 g/mol. The summed E-state index contributed by atoms with van der Waals surface area (Å²) in [5.74, 6) is 0.998. The minimum Gasteiger partial charge on any atom is -0.497 e. The molecule has 2 aromatic carbocycles. The number of carbonyl (C=O) groups excluding carboxylic acids is 1. The molecule has 0 aliphatic heterocycles. The lowest BCUT2D eigenvalue weighted by atomic mass is 10.1. The van der Waals surface area contributed by atoms with Crippen LogP contribution < -0.4 is 20.5 Å². The molecule has 0 aliphatic carbocycles. The van der Waals surface area contributed by atoms with E-state index in [2.05, 4.69) is 5.32 Å². The SMILES string of the molecule is CCOc1cccc(NC(=O)c2cc(N)cc(OC)c2)c1. The Kier molecular flexibility index (Phi) is 4.66. The number of nitrogens with one attached hydrogen (secondary N) is 1. The van der Waals surface area contributed by atoms with Gasteiger partial charge in [0.15, 0.2) is 0 Å². The molecule has 0 aliphatic rings. The molecule has 0 spiro atoms. The van der Waals surface area contributed by atoms with E-state index in [0.29, 0.717) is 35.0 Å². The molecule has 21 heavy (non-hydrogen) atoms. The van der Waals surface area contributed by atoms with Gasteiger partial charge in [-0.25, -0.2) is 0 Å². The summed E-state index contributed by atoms with van der Waals surface area (Å²) in [5.41, 5.74) is 7.32. The van der Waals surface area contributed by atoms with E-state index in [9.17, 15) is 4.79 Å². The van der Waals surface area contributed by atoms with Crippen LogP contribution in [0.2, 0.25) is 0 Å². The molecule has 0 aromatic heterocycles. The maximum absolute atomic E-state index is 12.2. The predicted octanol–water partition coefficient (Wildman–Crippen LogP) is 2.93. The second-order valence-electron chi connectivity index (χ2n) is 4.41. The van der Waals surface area contributed by atoms with Gasteiger partial charge in [0.25, 0.3) is 5.91 Å². The van der Waals surface area contributed by atoms with Gasteiger partial charge in [0.1, 0.15) is 11.5 Å². The van der Waals surface area contributed by atoms with E-state index < -0.39 is 0 Å². The van der Waals surface area contributed by atoms with Crippen molar-refractivity contribution < 1.29 is 14.3 Å². The second-order valence-corrected chi connectivity index (χ2v) is 4.41. The Balaban J connectivity index is 2.17. The van der Waals surface area contributed by atoms with Crippen molar-refractivity contribution in [3.8, 4) is 11.5 Å². The summed E-state index contributed by atoms with van der Waals surface area (Å²) in [5, 5.41) is 2.81. The number of nitrogens with two attached hydrogens (primary N) is 1. The number of nitrogen functional groups attached to an aromatic ring is 1. The van der Waals surface area contributed by atoms with Crippen LogP contribution in [0, 0.1) is 0 Å². The molecule has 110 valence electrons. The Bertz CT molecular complexity index is 641. The van der Waals surface area contributed by atoms with Crippen molar-refractivity contribution in [1.29, 1.82) is 0 Å². The lowest BCUT2D eigenvalue weighted by molar-refractivity contribution is 0.102. The first-order valence-corrected chi connectivity index (χ1v) is 6.61. The van der Waals surface area contributed by atoms with Crippen molar-refractivity contribution in [3.63, 3.8) is 0 Å². The topological polar surface area (TPSA) is 73.6 Å². The van der Waals surface area contributed by atoms with Crippen LogP contribution in [0.5, 0.6) is 11.5 Å². The van der Waals surface area contributed by atoms with E-state index in [0.717, 1.165) is 0 Å². The molecule has 0 saturated carbocycles. The van der Waals surface area contributed by atoms with Crippen molar-refractivity contribution in [2.24, 2.45) is 0 Å². The van der Waals surface area contributed by atoms with Crippen LogP contribution in [0.25, 0.3) is 0 Å². The van der Waals surface area contributed by atoms with Crippen molar-refractivity contribution in [3.05, 3.63) is 48.0 Å². The van der Waals surface area contributed by atoms with Crippen LogP contribution in [-0.2, 0) is 0 Å². The quantitative estimate of drug-likeness (QED) is 0.829. The predicted molar refractivity (Wildman–Crippen MR) is 83.0 cm³/mol. The summed E-state index contributed by atoms with van der Waals surface area (Å²) in [6.45, 7) is 2.48. The first-order chi connectivity index (χ1) is 10.1. The lowest BCUT2D eigenvalue weighted by Crippen LogP contribution is -2.12. The largest absolute Gasteiger partial charge is 0.497 e. The number of methoxy groups -OCH3 is 1. The zero-order valence-electron chi connectivity index (χ0n) is 12.1. The molecule has 0 atom stereocenters. The molecule has 0 bridgehead atoms. The number of rotatable bonds is 5. The fourth-order valence-corrected chi connectivity index (χ4v) is 1.90. The van der Waals surface area contributed by atoms with Gasteiger partial charge in [-0.3, -0.25) is 4.79 Å². The van der Waals surface area contributed by atoms with Crippen LogP contribution in [0.4, 0.5) is 11.4 Å². The molecular formula is C16H18N2O3.